The minimum atomic E-state index is -0.656. The smallest absolute Gasteiger partial charge is 0.261 e. The molecule has 1 atom stereocenters. The number of carbonyl (C=O) groups excluding carboxylic acids is 2. The summed E-state index contributed by atoms with van der Waals surface area (Å²) < 4.78 is 6.84. The van der Waals surface area contributed by atoms with Crippen molar-refractivity contribution in [1.29, 1.82) is 0 Å². The number of hydrogen-bond acceptors (Lipinski definition) is 3. The average molecular weight is 578 g/mol. The van der Waals surface area contributed by atoms with E-state index in [0.29, 0.717) is 18.7 Å². The zero-order valence-corrected chi connectivity index (χ0v) is 23.7. The molecule has 1 aliphatic rings. The molecule has 5 nitrogen and oxygen atoms in total. The lowest BCUT2D eigenvalue weighted by Gasteiger charge is -2.33. The number of rotatable bonds is 11. The Hall–Kier alpha value is -3.12. The fourth-order valence-corrected chi connectivity index (χ4v) is 5.43. The molecule has 0 spiro atoms. The summed E-state index contributed by atoms with van der Waals surface area (Å²) in [5.74, 6) is 0.324. The molecule has 38 heavy (non-hydrogen) atoms. The van der Waals surface area contributed by atoms with E-state index in [2.05, 4.69) is 28.2 Å². The lowest BCUT2D eigenvalue weighted by molar-refractivity contribution is -0.143. The molecule has 0 heterocycles. The highest BCUT2D eigenvalue weighted by atomic mass is 79.9. The Morgan fingerprint density at radius 1 is 0.921 bits per heavy atom. The maximum Gasteiger partial charge on any atom is 0.261 e. The highest BCUT2D eigenvalue weighted by molar-refractivity contribution is 9.10. The van der Waals surface area contributed by atoms with Crippen LogP contribution in [0.1, 0.15) is 55.7 Å². The largest absolute Gasteiger partial charge is 0.484 e. The molecular weight excluding hydrogens is 540 g/mol. The van der Waals surface area contributed by atoms with Gasteiger partial charge >= 0.3 is 0 Å². The molecule has 0 unspecified atom stereocenters. The van der Waals surface area contributed by atoms with Crippen molar-refractivity contribution in [2.45, 2.75) is 70.5 Å². The summed E-state index contributed by atoms with van der Waals surface area (Å²) in [6.07, 6.45) is 6.81. The number of nitrogens with zero attached hydrogens (tertiary/aromatic N) is 1. The summed E-state index contributed by atoms with van der Waals surface area (Å²) in [5, 5.41) is 3.28. The van der Waals surface area contributed by atoms with E-state index in [-0.39, 0.29) is 24.5 Å². The van der Waals surface area contributed by atoms with Gasteiger partial charge in [-0.15, -0.1) is 0 Å². The molecule has 3 aromatic rings. The van der Waals surface area contributed by atoms with Crippen molar-refractivity contribution in [2.75, 3.05) is 6.61 Å². The van der Waals surface area contributed by atoms with Gasteiger partial charge in [0.05, 0.1) is 0 Å². The van der Waals surface area contributed by atoms with Crippen LogP contribution in [0.25, 0.3) is 0 Å². The Morgan fingerprint density at radius 2 is 1.63 bits per heavy atom. The first-order chi connectivity index (χ1) is 18.5. The van der Waals surface area contributed by atoms with Gasteiger partial charge in [0, 0.05) is 23.5 Å². The predicted octanol–water partition coefficient (Wildman–Crippen LogP) is 6.48. The minimum absolute atomic E-state index is 0.101. The van der Waals surface area contributed by atoms with E-state index in [1.165, 1.54) is 12.0 Å². The van der Waals surface area contributed by atoms with Crippen LogP contribution in [-0.4, -0.2) is 35.4 Å². The van der Waals surface area contributed by atoms with Crippen LogP contribution in [0, 0.1) is 0 Å². The third kappa shape index (κ3) is 8.19. The second-order valence-electron chi connectivity index (χ2n) is 9.99. The lowest BCUT2D eigenvalue weighted by Crippen LogP contribution is -2.53. The zero-order chi connectivity index (χ0) is 26.7. The first kappa shape index (κ1) is 27.9. The van der Waals surface area contributed by atoms with Gasteiger partial charge in [-0.2, -0.15) is 0 Å². The molecule has 0 saturated heterocycles. The molecule has 1 fully saturated rings. The van der Waals surface area contributed by atoms with Crippen molar-refractivity contribution in [3.05, 3.63) is 100 Å². The summed E-state index contributed by atoms with van der Waals surface area (Å²) in [4.78, 5) is 29.3. The van der Waals surface area contributed by atoms with E-state index in [4.69, 9.17) is 4.74 Å². The highest BCUT2D eigenvalue weighted by Gasteiger charge is 2.32. The van der Waals surface area contributed by atoms with E-state index >= 15 is 0 Å². The van der Waals surface area contributed by atoms with Gasteiger partial charge in [0.1, 0.15) is 11.8 Å². The number of benzene rings is 3. The van der Waals surface area contributed by atoms with E-state index < -0.39 is 6.04 Å². The van der Waals surface area contributed by atoms with Gasteiger partial charge in [-0.3, -0.25) is 9.59 Å². The molecule has 1 saturated carbocycles. The van der Waals surface area contributed by atoms with Crippen molar-refractivity contribution in [3.8, 4) is 5.75 Å². The zero-order valence-electron chi connectivity index (χ0n) is 22.1. The van der Waals surface area contributed by atoms with Crippen LogP contribution in [-0.2, 0) is 29.0 Å². The second-order valence-corrected chi connectivity index (χ2v) is 10.9. The monoisotopic (exact) mass is 576 g/mol. The Labute approximate surface area is 234 Å². The van der Waals surface area contributed by atoms with Crippen LogP contribution in [0.2, 0.25) is 0 Å². The van der Waals surface area contributed by atoms with Crippen molar-refractivity contribution >= 4 is 27.7 Å². The van der Waals surface area contributed by atoms with Gasteiger partial charge in [-0.1, -0.05) is 96.7 Å². The lowest BCUT2D eigenvalue weighted by atomic mass is 9.94. The molecule has 0 bridgehead atoms. The van der Waals surface area contributed by atoms with Gasteiger partial charge in [-0.05, 0) is 60.2 Å². The average Bonchev–Trinajstić information content (AvgIpc) is 2.95. The van der Waals surface area contributed by atoms with Gasteiger partial charge in [-0.25, -0.2) is 0 Å². The number of hydrogen-bond donors (Lipinski definition) is 1. The molecule has 3 aromatic carbocycles. The molecule has 0 aromatic heterocycles. The Balaban J connectivity index is 1.59. The third-order valence-corrected chi connectivity index (χ3v) is 7.65. The maximum absolute atomic E-state index is 13.8. The van der Waals surface area contributed by atoms with Crippen molar-refractivity contribution < 1.29 is 14.3 Å². The van der Waals surface area contributed by atoms with E-state index in [1.807, 2.05) is 78.9 Å². The SMILES string of the molecule is CCc1ccc(OCC(=O)N(Cc2cccc(Br)c2)[C@H](Cc2ccccc2)C(=O)NC2CCCCC2)cc1. The number of ether oxygens (including phenoxy) is 1. The molecule has 4 rings (SSSR count). The summed E-state index contributed by atoms with van der Waals surface area (Å²) in [6, 6.07) is 25.1. The van der Waals surface area contributed by atoms with Gasteiger partial charge < -0.3 is 15.0 Å². The molecule has 2 amide bonds. The summed E-state index contributed by atoms with van der Waals surface area (Å²) in [6.45, 7) is 2.28. The fourth-order valence-electron chi connectivity index (χ4n) is 4.98. The normalized spacial score (nSPS) is 14.5. The number of halogens is 1. The predicted molar refractivity (Wildman–Crippen MR) is 155 cm³/mol. The van der Waals surface area contributed by atoms with Crippen molar-refractivity contribution in [2.24, 2.45) is 0 Å². The van der Waals surface area contributed by atoms with Gasteiger partial charge in [0.2, 0.25) is 5.91 Å². The third-order valence-electron chi connectivity index (χ3n) is 7.16. The van der Waals surface area contributed by atoms with E-state index in [1.54, 1.807) is 4.90 Å². The van der Waals surface area contributed by atoms with Gasteiger partial charge in [0.25, 0.3) is 5.91 Å². The van der Waals surface area contributed by atoms with Crippen LogP contribution >= 0.6 is 15.9 Å². The highest BCUT2D eigenvalue weighted by Crippen LogP contribution is 2.21. The summed E-state index contributed by atoms with van der Waals surface area (Å²) >= 11 is 3.54. The standard InChI is InChI=1S/C32H37BrN2O3/c1-2-24-16-18-29(19-17-24)38-23-31(36)35(22-26-12-9-13-27(33)20-26)30(21-25-10-5-3-6-11-25)32(37)34-28-14-7-4-8-15-28/h3,5-6,9-13,16-20,28,30H,2,4,7-8,14-15,21-23H2,1H3,(H,34,37)/t30-/m1/s1. The van der Waals surface area contributed by atoms with Crippen molar-refractivity contribution in [3.63, 3.8) is 0 Å². The Morgan fingerprint density at radius 3 is 2.32 bits per heavy atom. The maximum atomic E-state index is 13.8. The topological polar surface area (TPSA) is 58.6 Å². The Kier molecular flexibility index (Phi) is 10.4. The fraction of sp³-hybridized carbons (Fsp3) is 0.375. The van der Waals surface area contributed by atoms with Crippen LogP contribution in [0.5, 0.6) is 5.75 Å². The molecule has 0 radical (unpaired) electrons. The first-order valence-corrected chi connectivity index (χ1v) is 14.4. The quantitative estimate of drug-likeness (QED) is 0.284. The van der Waals surface area contributed by atoms with Crippen LogP contribution in [0.3, 0.4) is 0 Å². The van der Waals surface area contributed by atoms with Gasteiger partial charge in [0.15, 0.2) is 6.61 Å². The van der Waals surface area contributed by atoms with E-state index in [9.17, 15) is 9.59 Å². The number of carbonyl (C=O) groups is 2. The van der Waals surface area contributed by atoms with Crippen LogP contribution in [0.15, 0.2) is 83.3 Å². The molecule has 1 N–H and O–H groups in total. The number of nitrogens with one attached hydrogen (secondary N) is 1. The molecule has 0 aliphatic heterocycles. The molecule has 1 aliphatic carbocycles. The molecular formula is C32H37BrN2O3. The molecule has 6 heteroatoms. The van der Waals surface area contributed by atoms with Crippen molar-refractivity contribution in [1.82, 2.24) is 10.2 Å². The minimum Gasteiger partial charge on any atom is -0.484 e. The van der Waals surface area contributed by atoms with Crippen LogP contribution in [0.4, 0.5) is 0 Å². The van der Waals surface area contributed by atoms with Crippen LogP contribution < -0.4 is 10.1 Å². The first-order valence-electron chi connectivity index (χ1n) is 13.6. The second kappa shape index (κ2) is 14.1. The number of aryl methyl sites for hydroxylation is 1. The summed E-state index contributed by atoms with van der Waals surface area (Å²) in [5.41, 5.74) is 3.17. The summed E-state index contributed by atoms with van der Waals surface area (Å²) in [7, 11) is 0. The van der Waals surface area contributed by atoms with E-state index in [0.717, 1.165) is 47.7 Å². The molecule has 200 valence electrons. The Bertz CT molecular complexity index is 1180. The number of amides is 2.